The van der Waals surface area contributed by atoms with E-state index in [1.54, 1.807) is 25.1 Å². The summed E-state index contributed by atoms with van der Waals surface area (Å²) >= 11 is 6.00. The van der Waals surface area contributed by atoms with Crippen LogP contribution in [0.25, 0.3) is 0 Å². The first-order chi connectivity index (χ1) is 18.7. The summed E-state index contributed by atoms with van der Waals surface area (Å²) in [6.07, 6.45) is 1.68. The number of hydrogen-bond acceptors (Lipinski definition) is 4. The van der Waals surface area contributed by atoms with E-state index in [1.165, 1.54) is 29.2 Å². The maximum atomic E-state index is 14.0. The Labute approximate surface area is 236 Å². The number of amides is 2. The molecule has 3 aromatic carbocycles. The molecule has 0 saturated carbocycles. The van der Waals surface area contributed by atoms with Gasteiger partial charge in [0.25, 0.3) is 10.0 Å². The van der Waals surface area contributed by atoms with Crippen LogP contribution in [0.4, 0.5) is 5.69 Å². The zero-order chi connectivity index (χ0) is 28.4. The molecule has 1 N–H and O–H groups in total. The van der Waals surface area contributed by atoms with Crippen LogP contribution in [0, 0.1) is 6.92 Å². The Hall–Kier alpha value is -3.36. The monoisotopic (exact) mass is 569 g/mol. The van der Waals surface area contributed by atoms with Gasteiger partial charge in [0, 0.05) is 18.1 Å². The van der Waals surface area contributed by atoms with Crippen LogP contribution in [0.3, 0.4) is 0 Å². The molecule has 3 aromatic rings. The zero-order valence-corrected chi connectivity index (χ0v) is 24.2. The average molecular weight is 570 g/mol. The molecule has 0 aliphatic heterocycles. The quantitative estimate of drug-likeness (QED) is 0.306. The van der Waals surface area contributed by atoms with E-state index in [0.717, 1.165) is 16.3 Å². The van der Waals surface area contributed by atoms with E-state index in [-0.39, 0.29) is 17.3 Å². The van der Waals surface area contributed by atoms with E-state index in [9.17, 15) is 18.0 Å². The first kappa shape index (κ1) is 30.2. The van der Waals surface area contributed by atoms with Crippen LogP contribution in [0.2, 0.25) is 5.02 Å². The SMILES string of the molecule is CCCNC(=O)[C@@H](CC)N(CCc1ccccc1)C(=O)CN(c1ccccc1C)S(=O)(=O)c1ccc(Cl)cc1. The summed E-state index contributed by atoms with van der Waals surface area (Å²) in [6.45, 7) is 5.91. The van der Waals surface area contributed by atoms with Gasteiger partial charge in [-0.05, 0) is 67.6 Å². The first-order valence-corrected chi connectivity index (χ1v) is 15.0. The molecule has 0 fully saturated rings. The van der Waals surface area contributed by atoms with Gasteiger partial charge in [0.2, 0.25) is 11.8 Å². The molecule has 0 aromatic heterocycles. The van der Waals surface area contributed by atoms with Crippen molar-refractivity contribution in [3.8, 4) is 0 Å². The molecule has 9 heteroatoms. The highest BCUT2D eigenvalue weighted by atomic mass is 35.5. The molecule has 0 radical (unpaired) electrons. The summed E-state index contributed by atoms with van der Waals surface area (Å²) in [5.41, 5.74) is 2.11. The normalized spacial score (nSPS) is 12.0. The summed E-state index contributed by atoms with van der Waals surface area (Å²) in [4.78, 5) is 28.6. The third-order valence-electron chi connectivity index (χ3n) is 6.48. The number of benzene rings is 3. The maximum absolute atomic E-state index is 14.0. The number of rotatable bonds is 13. The number of carbonyl (C=O) groups is 2. The van der Waals surface area contributed by atoms with Crippen LogP contribution < -0.4 is 9.62 Å². The summed E-state index contributed by atoms with van der Waals surface area (Å²) in [7, 11) is -4.13. The number of nitrogens with zero attached hydrogens (tertiary/aromatic N) is 2. The number of halogens is 1. The smallest absolute Gasteiger partial charge is 0.264 e. The van der Waals surface area contributed by atoms with Crippen molar-refractivity contribution in [3.63, 3.8) is 0 Å². The minimum atomic E-state index is -4.13. The van der Waals surface area contributed by atoms with E-state index >= 15 is 0 Å². The molecule has 0 aliphatic carbocycles. The molecular formula is C30H36ClN3O4S. The standard InChI is InChI=1S/C30H36ClN3O4S/c1-4-20-32-30(36)27(5-2)33(21-19-24-12-7-6-8-13-24)29(35)22-34(28-14-10-9-11-23(28)3)39(37,38)26-17-15-25(31)16-18-26/h6-18,27H,4-5,19-22H2,1-3H3,(H,32,36)/t27-/m1/s1. The molecule has 0 saturated heterocycles. The summed E-state index contributed by atoms with van der Waals surface area (Å²) in [5.74, 6) is -0.700. The predicted octanol–water partition coefficient (Wildman–Crippen LogP) is 5.22. The minimum Gasteiger partial charge on any atom is -0.354 e. The lowest BCUT2D eigenvalue weighted by atomic mass is 10.1. The molecule has 208 valence electrons. The van der Waals surface area contributed by atoms with E-state index in [2.05, 4.69) is 5.32 Å². The van der Waals surface area contributed by atoms with Crippen LogP contribution in [-0.2, 0) is 26.0 Å². The first-order valence-electron chi connectivity index (χ1n) is 13.1. The highest BCUT2D eigenvalue weighted by Crippen LogP contribution is 2.28. The highest BCUT2D eigenvalue weighted by molar-refractivity contribution is 7.92. The Bertz CT molecular complexity index is 1350. The van der Waals surface area contributed by atoms with Crippen molar-refractivity contribution in [2.24, 2.45) is 0 Å². The second-order valence-electron chi connectivity index (χ2n) is 9.29. The van der Waals surface area contributed by atoms with Gasteiger partial charge in [-0.3, -0.25) is 13.9 Å². The molecule has 0 aliphatic rings. The molecule has 39 heavy (non-hydrogen) atoms. The third-order valence-corrected chi connectivity index (χ3v) is 8.51. The number of carbonyl (C=O) groups excluding carboxylic acids is 2. The Morgan fingerprint density at radius 1 is 0.923 bits per heavy atom. The number of hydrogen-bond donors (Lipinski definition) is 1. The second kappa shape index (κ2) is 14.1. The topological polar surface area (TPSA) is 86.8 Å². The lowest BCUT2D eigenvalue weighted by Gasteiger charge is -2.33. The van der Waals surface area contributed by atoms with Gasteiger partial charge >= 0.3 is 0 Å². The molecule has 0 spiro atoms. The average Bonchev–Trinajstić information content (AvgIpc) is 2.93. The number of para-hydroxylation sites is 1. The Kier molecular flexibility index (Phi) is 10.9. The van der Waals surface area contributed by atoms with Gasteiger partial charge in [-0.15, -0.1) is 0 Å². The van der Waals surface area contributed by atoms with E-state index in [0.29, 0.717) is 35.7 Å². The Balaban J connectivity index is 2.01. The molecule has 2 amide bonds. The van der Waals surface area contributed by atoms with Crippen molar-refractivity contribution in [2.45, 2.75) is 51.0 Å². The van der Waals surface area contributed by atoms with Gasteiger partial charge in [0.15, 0.2) is 0 Å². The fraction of sp³-hybridized carbons (Fsp3) is 0.333. The number of nitrogens with one attached hydrogen (secondary N) is 1. The van der Waals surface area contributed by atoms with Gasteiger partial charge in [-0.1, -0.05) is 74.0 Å². The van der Waals surface area contributed by atoms with Gasteiger partial charge in [-0.2, -0.15) is 0 Å². The fourth-order valence-corrected chi connectivity index (χ4v) is 5.96. The van der Waals surface area contributed by atoms with Gasteiger partial charge in [-0.25, -0.2) is 8.42 Å². The summed E-state index contributed by atoms with van der Waals surface area (Å²) < 4.78 is 28.9. The Morgan fingerprint density at radius 3 is 2.18 bits per heavy atom. The van der Waals surface area contributed by atoms with Crippen molar-refractivity contribution < 1.29 is 18.0 Å². The van der Waals surface area contributed by atoms with Crippen LogP contribution in [0.15, 0.2) is 83.8 Å². The lowest BCUT2D eigenvalue weighted by Crippen LogP contribution is -2.53. The third kappa shape index (κ3) is 7.83. The van der Waals surface area contributed by atoms with Crippen LogP contribution >= 0.6 is 11.6 Å². The number of aryl methyl sites for hydroxylation is 1. The minimum absolute atomic E-state index is 0.0199. The van der Waals surface area contributed by atoms with Crippen LogP contribution in [-0.4, -0.2) is 50.8 Å². The van der Waals surface area contributed by atoms with Gasteiger partial charge in [0.1, 0.15) is 12.6 Å². The van der Waals surface area contributed by atoms with Crippen LogP contribution in [0.5, 0.6) is 0 Å². The van der Waals surface area contributed by atoms with Gasteiger partial charge < -0.3 is 10.2 Å². The van der Waals surface area contributed by atoms with Crippen molar-refractivity contribution in [1.82, 2.24) is 10.2 Å². The van der Waals surface area contributed by atoms with E-state index in [4.69, 9.17) is 11.6 Å². The zero-order valence-electron chi connectivity index (χ0n) is 22.6. The van der Waals surface area contributed by atoms with Crippen molar-refractivity contribution in [1.29, 1.82) is 0 Å². The summed E-state index contributed by atoms with van der Waals surface area (Å²) in [5, 5.41) is 3.30. The molecular weight excluding hydrogens is 534 g/mol. The molecule has 1 atom stereocenters. The molecule has 0 unspecified atom stereocenters. The molecule has 3 rings (SSSR count). The number of anilines is 1. The van der Waals surface area contributed by atoms with Crippen molar-refractivity contribution in [3.05, 3.63) is 95.0 Å². The number of sulfonamides is 1. The Morgan fingerprint density at radius 2 is 1.56 bits per heavy atom. The molecule has 7 nitrogen and oxygen atoms in total. The molecule has 0 heterocycles. The molecule has 0 bridgehead atoms. The van der Waals surface area contributed by atoms with E-state index in [1.807, 2.05) is 50.2 Å². The lowest BCUT2D eigenvalue weighted by molar-refractivity contribution is -0.139. The van der Waals surface area contributed by atoms with E-state index < -0.39 is 28.5 Å². The predicted molar refractivity (Wildman–Crippen MR) is 156 cm³/mol. The fourth-order valence-electron chi connectivity index (χ4n) is 4.35. The van der Waals surface area contributed by atoms with Gasteiger partial charge in [0.05, 0.1) is 10.6 Å². The maximum Gasteiger partial charge on any atom is 0.264 e. The highest BCUT2D eigenvalue weighted by Gasteiger charge is 2.33. The largest absolute Gasteiger partial charge is 0.354 e. The van der Waals surface area contributed by atoms with Crippen LogP contribution in [0.1, 0.15) is 37.8 Å². The summed E-state index contributed by atoms with van der Waals surface area (Å²) in [6, 6.07) is 21.8. The second-order valence-corrected chi connectivity index (χ2v) is 11.6. The van der Waals surface area contributed by atoms with Crippen molar-refractivity contribution in [2.75, 3.05) is 23.9 Å². The van der Waals surface area contributed by atoms with Crippen molar-refractivity contribution >= 4 is 39.1 Å².